The molecule has 0 saturated heterocycles. The molecule has 0 fully saturated rings. The van der Waals surface area contributed by atoms with Crippen LogP contribution in [0.5, 0.6) is 0 Å². The van der Waals surface area contributed by atoms with Crippen LogP contribution in [0.4, 0.5) is 0 Å². The lowest BCUT2D eigenvalue weighted by molar-refractivity contribution is 0.402. The van der Waals surface area contributed by atoms with Crippen molar-refractivity contribution in [3.05, 3.63) is 54.2 Å². The quantitative estimate of drug-likeness (QED) is 0.853. The molecule has 0 aromatic carbocycles. The van der Waals surface area contributed by atoms with Gasteiger partial charge in [-0.05, 0) is 37.6 Å². The maximum Gasteiger partial charge on any atom is 0.120 e. The first-order chi connectivity index (χ1) is 7.77. The third-order valence-electron chi connectivity index (χ3n) is 2.65. The SMILES string of the molecule is CC(NC(C)c1ccco1)c1cccnc1. The Morgan fingerprint density at radius 3 is 2.69 bits per heavy atom. The molecule has 0 radical (unpaired) electrons. The summed E-state index contributed by atoms with van der Waals surface area (Å²) >= 11 is 0. The summed E-state index contributed by atoms with van der Waals surface area (Å²) in [4.78, 5) is 4.11. The van der Waals surface area contributed by atoms with Gasteiger partial charge < -0.3 is 9.73 Å². The highest BCUT2D eigenvalue weighted by Crippen LogP contribution is 2.18. The molecular weight excluding hydrogens is 200 g/mol. The molecule has 0 aliphatic heterocycles. The molecule has 0 saturated carbocycles. The molecule has 2 aromatic rings. The van der Waals surface area contributed by atoms with Crippen LogP contribution in [0.15, 0.2) is 47.3 Å². The fraction of sp³-hybridized carbons (Fsp3) is 0.308. The Kier molecular flexibility index (Phi) is 3.37. The molecule has 0 bridgehead atoms. The zero-order valence-electron chi connectivity index (χ0n) is 9.55. The highest BCUT2D eigenvalue weighted by Gasteiger charge is 2.12. The number of nitrogens with zero attached hydrogens (tertiary/aromatic N) is 1. The van der Waals surface area contributed by atoms with E-state index in [2.05, 4.69) is 30.2 Å². The smallest absolute Gasteiger partial charge is 0.120 e. The van der Waals surface area contributed by atoms with Gasteiger partial charge in [0.15, 0.2) is 0 Å². The zero-order chi connectivity index (χ0) is 11.4. The summed E-state index contributed by atoms with van der Waals surface area (Å²) in [6.45, 7) is 4.21. The molecule has 0 aliphatic carbocycles. The maximum atomic E-state index is 5.35. The van der Waals surface area contributed by atoms with Crippen LogP contribution in [0.2, 0.25) is 0 Å². The first-order valence-electron chi connectivity index (χ1n) is 5.46. The second-order valence-corrected chi connectivity index (χ2v) is 3.91. The van der Waals surface area contributed by atoms with Crippen molar-refractivity contribution in [2.45, 2.75) is 25.9 Å². The lowest BCUT2D eigenvalue weighted by Crippen LogP contribution is -2.22. The Morgan fingerprint density at radius 1 is 1.19 bits per heavy atom. The first kappa shape index (κ1) is 10.9. The second-order valence-electron chi connectivity index (χ2n) is 3.91. The summed E-state index contributed by atoms with van der Waals surface area (Å²) in [5.41, 5.74) is 1.18. The molecule has 0 spiro atoms. The number of hydrogen-bond acceptors (Lipinski definition) is 3. The highest BCUT2D eigenvalue weighted by atomic mass is 16.3. The van der Waals surface area contributed by atoms with E-state index < -0.39 is 0 Å². The summed E-state index contributed by atoms with van der Waals surface area (Å²) in [5.74, 6) is 0.954. The molecule has 2 unspecified atom stereocenters. The second kappa shape index (κ2) is 4.94. The van der Waals surface area contributed by atoms with Crippen molar-refractivity contribution in [3.63, 3.8) is 0 Å². The Morgan fingerprint density at radius 2 is 2.06 bits per heavy atom. The van der Waals surface area contributed by atoms with Crippen molar-refractivity contribution < 1.29 is 4.42 Å². The van der Waals surface area contributed by atoms with Gasteiger partial charge in [-0.15, -0.1) is 0 Å². The largest absolute Gasteiger partial charge is 0.468 e. The Labute approximate surface area is 95.5 Å². The molecular formula is C13H16N2O. The summed E-state index contributed by atoms with van der Waals surface area (Å²) in [6, 6.07) is 8.36. The van der Waals surface area contributed by atoms with Crippen LogP contribution >= 0.6 is 0 Å². The van der Waals surface area contributed by atoms with Crippen LogP contribution in [-0.2, 0) is 0 Å². The zero-order valence-corrected chi connectivity index (χ0v) is 9.55. The van der Waals surface area contributed by atoms with E-state index >= 15 is 0 Å². The predicted octanol–water partition coefficient (Wildman–Crippen LogP) is 3.09. The molecule has 0 amide bonds. The molecule has 2 rings (SSSR count). The van der Waals surface area contributed by atoms with Crippen molar-refractivity contribution >= 4 is 0 Å². The van der Waals surface area contributed by atoms with Gasteiger partial charge in [0.05, 0.1) is 12.3 Å². The molecule has 0 aliphatic rings. The van der Waals surface area contributed by atoms with E-state index in [1.807, 2.05) is 24.4 Å². The Bertz CT molecular complexity index is 411. The van der Waals surface area contributed by atoms with Crippen molar-refractivity contribution in [2.24, 2.45) is 0 Å². The summed E-state index contributed by atoms with van der Waals surface area (Å²) in [6.07, 6.45) is 5.36. The molecule has 1 N–H and O–H groups in total. The van der Waals surface area contributed by atoms with E-state index in [0.29, 0.717) is 0 Å². The van der Waals surface area contributed by atoms with E-state index in [1.54, 1.807) is 12.5 Å². The number of rotatable bonds is 4. The highest BCUT2D eigenvalue weighted by molar-refractivity contribution is 5.14. The van der Waals surface area contributed by atoms with E-state index in [1.165, 1.54) is 5.56 Å². The number of pyridine rings is 1. The minimum Gasteiger partial charge on any atom is -0.468 e. The van der Waals surface area contributed by atoms with Gasteiger partial charge in [-0.1, -0.05) is 6.07 Å². The average Bonchev–Trinajstić information content (AvgIpc) is 2.83. The lowest BCUT2D eigenvalue weighted by Gasteiger charge is -2.18. The standard InChI is InChI=1S/C13H16N2O/c1-10(12-5-3-7-14-9-12)15-11(2)13-6-4-8-16-13/h3-11,15H,1-2H3. The van der Waals surface area contributed by atoms with Crippen LogP contribution in [-0.4, -0.2) is 4.98 Å². The fourth-order valence-corrected chi connectivity index (χ4v) is 1.72. The van der Waals surface area contributed by atoms with Crippen molar-refractivity contribution in [1.29, 1.82) is 0 Å². The van der Waals surface area contributed by atoms with Gasteiger partial charge >= 0.3 is 0 Å². The molecule has 3 heteroatoms. The van der Waals surface area contributed by atoms with Crippen LogP contribution in [0, 0.1) is 0 Å². The van der Waals surface area contributed by atoms with E-state index in [4.69, 9.17) is 4.42 Å². The monoisotopic (exact) mass is 216 g/mol. The van der Waals surface area contributed by atoms with Gasteiger partial charge in [-0.3, -0.25) is 4.98 Å². The van der Waals surface area contributed by atoms with E-state index in [-0.39, 0.29) is 12.1 Å². The van der Waals surface area contributed by atoms with E-state index in [9.17, 15) is 0 Å². The summed E-state index contributed by atoms with van der Waals surface area (Å²) < 4.78 is 5.35. The van der Waals surface area contributed by atoms with E-state index in [0.717, 1.165) is 5.76 Å². The van der Waals surface area contributed by atoms with Gasteiger partial charge in [-0.25, -0.2) is 0 Å². The summed E-state index contributed by atoms with van der Waals surface area (Å²) in [5, 5.41) is 3.46. The fourth-order valence-electron chi connectivity index (χ4n) is 1.72. The third kappa shape index (κ3) is 2.49. The molecule has 3 nitrogen and oxygen atoms in total. The van der Waals surface area contributed by atoms with Crippen molar-refractivity contribution in [2.75, 3.05) is 0 Å². The molecule has 2 aromatic heterocycles. The van der Waals surface area contributed by atoms with Crippen molar-refractivity contribution in [3.8, 4) is 0 Å². The minimum absolute atomic E-state index is 0.199. The average molecular weight is 216 g/mol. The van der Waals surface area contributed by atoms with Crippen molar-refractivity contribution in [1.82, 2.24) is 10.3 Å². The Hall–Kier alpha value is -1.61. The van der Waals surface area contributed by atoms with Crippen LogP contribution in [0.25, 0.3) is 0 Å². The number of aromatic nitrogens is 1. The normalized spacial score (nSPS) is 14.6. The van der Waals surface area contributed by atoms with Gasteiger partial charge in [0, 0.05) is 18.4 Å². The van der Waals surface area contributed by atoms with Crippen LogP contribution in [0.3, 0.4) is 0 Å². The predicted molar refractivity (Wildman–Crippen MR) is 62.9 cm³/mol. The van der Waals surface area contributed by atoms with Crippen LogP contribution < -0.4 is 5.32 Å². The summed E-state index contributed by atoms with van der Waals surface area (Å²) in [7, 11) is 0. The maximum absolute atomic E-state index is 5.35. The van der Waals surface area contributed by atoms with Gasteiger partial charge in [-0.2, -0.15) is 0 Å². The van der Waals surface area contributed by atoms with Gasteiger partial charge in [0.1, 0.15) is 5.76 Å². The molecule has 16 heavy (non-hydrogen) atoms. The number of furan rings is 1. The molecule has 2 heterocycles. The minimum atomic E-state index is 0.199. The topological polar surface area (TPSA) is 38.1 Å². The number of hydrogen-bond donors (Lipinski definition) is 1. The Balaban J connectivity index is 2.00. The van der Waals surface area contributed by atoms with Crippen LogP contribution in [0.1, 0.15) is 37.3 Å². The van der Waals surface area contributed by atoms with Gasteiger partial charge in [0.2, 0.25) is 0 Å². The number of nitrogens with one attached hydrogen (secondary N) is 1. The van der Waals surface area contributed by atoms with Gasteiger partial charge in [0.25, 0.3) is 0 Å². The molecule has 84 valence electrons. The third-order valence-corrected chi connectivity index (χ3v) is 2.65. The first-order valence-corrected chi connectivity index (χ1v) is 5.46. The lowest BCUT2D eigenvalue weighted by atomic mass is 10.1. The molecule has 2 atom stereocenters.